The number of hydrogen-bond donors (Lipinski definition) is 7. The highest BCUT2D eigenvalue weighted by Gasteiger charge is 2.42. The second-order valence-corrected chi connectivity index (χ2v) is 10.8. The third kappa shape index (κ3) is 8.25. The number of primary amides is 1. The van der Waals surface area contributed by atoms with Crippen molar-refractivity contribution in [2.24, 2.45) is 17.2 Å². The average molecular weight is 638 g/mol. The van der Waals surface area contributed by atoms with Crippen LogP contribution in [0.1, 0.15) is 51.8 Å². The maximum absolute atomic E-state index is 13.2. The van der Waals surface area contributed by atoms with Gasteiger partial charge in [0.05, 0.1) is 6.20 Å². The molecule has 0 aliphatic carbocycles. The number of nitrogens with one attached hydrogen (secondary N) is 4. The SMILES string of the molecule is CC1(C(=O)NCc2ccc(C(=N)N)cc2)CCc2ncc(NC(=O)OCc3ccccc3)c(=O)n21.N=C(N)c1ccc(C(N)=O)cc1. The van der Waals surface area contributed by atoms with Crippen LogP contribution in [0.5, 0.6) is 0 Å². The van der Waals surface area contributed by atoms with Crippen LogP contribution in [0.3, 0.4) is 0 Å². The Bertz CT molecular complexity index is 1820. The summed E-state index contributed by atoms with van der Waals surface area (Å²) in [5.74, 6) is -0.395. The first kappa shape index (κ1) is 33.6. The van der Waals surface area contributed by atoms with Crippen molar-refractivity contribution >= 4 is 35.3 Å². The van der Waals surface area contributed by atoms with Gasteiger partial charge in [-0.15, -0.1) is 0 Å². The number of anilines is 1. The predicted molar refractivity (Wildman–Crippen MR) is 176 cm³/mol. The van der Waals surface area contributed by atoms with Crippen molar-refractivity contribution in [2.75, 3.05) is 5.32 Å². The van der Waals surface area contributed by atoms with Gasteiger partial charge in [-0.2, -0.15) is 0 Å². The highest BCUT2D eigenvalue weighted by molar-refractivity contribution is 5.97. The van der Waals surface area contributed by atoms with Gasteiger partial charge >= 0.3 is 6.09 Å². The number of carbonyl (C=O) groups excluding carboxylic acids is 3. The number of aryl methyl sites for hydroxylation is 1. The molecule has 0 fully saturated rings. The lowest BCUT2D eigenvalue weighted by Gasteiger charge is -2.26. The van der Waals surface area contributed by atoms with E-state index in [1.54, 1.807) is 55.5 Å². The van der Waals surface area contributed by atoms with E-state index in [0.29, 0.717) is 35.4 Å². The first-order valence-electron chi connectivity index (χ1n) is 14.4. The normalized spacial score (nSPS) is 14.5. The van der Waals surface area contributed by atoms with E-state index in [-0.39, 0.29) is 36.4 Å². The highest BCUT2D eigenvalue weighted by atomic mass is 16.5. The maximum Gasteiger partial charge on any atom is 0.412 e. The molecular weight excluding hydrogens is 602 g/mol. The summed E-state index contributed by atoms with van der Waals surface area (Å²) < 4.78 is 6.53. The Balaban J connectivity index is 0.000000351. The lowest BCUT2D eigenvalue weighted by molar-refractivity contribution is -0.129. The van der Waals surface area contributed by atoms with Crippen molar-refractivity contribution in [3.05, 3.63) is 129 Å². The molecule has 0 spiro atoms. The Morgan fingerprint density at radius 3 is 2.02 bits per heavy atom. The van der Waals surface area contributed by atoms with Crippen LogP contribution < -0.4 is 33.4 Å². The lowest BCUT2D eigenvalue weighted by atomic mass is 9.98. The van der Waals surface area contributed by atoms with Gasteiger partial charge in [-0.3, -0.25) is 35.1 Å². The minimum absolute atomic E-state index is 0.0222. The van der Waals surface area contributed by atoms with E-state index in [9.17, 15) is 19.2 Å². The zero-order valence-corrected chi connectivity index (χ0v) is 25.6. The van der Waals surface area contributed by atoms with Gasteiger partial charge < -0.3 is 27.3 Å². The van der Waals surface area contributed by atoms with Crippen molar-refractivity contribution < 1.29 is 19.1 Å². The Hall–Kier alpha value is -6.31. The number of ether oxygens (including phenoxy) is 1. The molecule has 1 atom stereocenters. The molecular formula is C33H35N9O5. The van der Waals surface area contributed by atoms with Crippen LogP contribution in [0, 0.1) is 10.8 Å². The lowest BCUT2D eigenvalue weighted by Crippen LogP contribution is -2.49. The highest BCUT2D eigenvalue weighted by Crippen LogP contribution is 2.30. The number of nitrogens with two attached hydrogens (primary N) is 3. The maximum atomic E-state index is 13.2. The molecule has 5 rings (SSSR count). The summed E-state index contributed by atoms with van der Waals surface area (Å²) in [5.41, 5.74) is 17.2. The van der Waals surface area contributed by atoms with Crippen LogP contribution in [0.4, 0.5) is 10.5 Å². The molecule has 0 radical (unpaired) electrons. The van der Waals surface area contributed by atoms with Crippen LogP contribution in [-0.4, -0.2) is 39.1 Å². The van der Waals surface area contributed by atoms with Crippen molar-refractivity contribution in [3.63, 3.8) is 0 Å². The van der Waals surface area contributed by atoms with Crippen molar-refractivity contribution in [1.29, 1.82) is 10.8 Å². The third-order valence-corrected chi connectivity index (χ3v) is 7.50. The first-order chi connectivity index (χ1) is 22.4. The summed E-state index contributed by atoms with van der Waals surface area (Å²) in [5, 5.41) is 19.9. The smallest absolute Gasteiger partial charge is 0.412 e. The topological polar surface area (TPSA) is 245 Å². The van der Waals surface area contributed by atoms with E-state index in [1.165, 1.54) is 10.8 Å². The number of nitrogen functional groups attached to an aromatic ring is 2. The molecule has 14 heteroatoms. The van der Waals surface area contributed by atoms with E-state index in [2.05, 4.69) is 15.6 Å². The third-order valence-electron chi connectivity index (χ3n) is 7.50. The molecule has 2 heterocycles. The van der Waals surface area contributed by atoms with Crippen LogP contribution in [0.2, 0.25) is 0 Å². The fourth-order valence-corrected chi connectivity index (χ4v) is 4.80. The summed E-state index contributed by atoms with van der Waals surface area (Å²) in [7, 11) is 0. The minimum Gasteiger partial charge on any atom is -0.444 e. The van der Waals surface area contributed by atoms with E-state index < -0.39 is 23.1 Å². The number of fused-ring (bicyclic) bond motifs is 1. The van der Waals surface area contributed by atoms with Gasteiger partial charge in [0.25, 0.3) is 5.56 Å². The molecule has 3 amide bonds. The Morgan fingerprint density at radius 2 is 1.45 bits per heavy atom. The van der Waals surface area contributed by atoms with Crippen LogP contribution in [0.15, 0.2) is 89.9 Å². The van der Waals surface area contributed by atoms with E-state index in [0.717, 1.165) is 11.1 Å². The Morgan fingerprint density at radius 1 is 0.872 bits per heavy atom. The largest absolute Gasteiger partial charge is 0.444 e. The number of benzene rings is 3. The molecule has 1 aliphatic heterocycles. The molecule has 1 aromatic heterocycles. The van der Waals surface area contributed by atoms with E-state index >= 15 is 0 Å². The monoisotopic (exact) mass is 637 g/mol. The van der Waals surface area contributed by atoms with Gasteiger partial charge in [-0.05, 0) is 36.6 Å². The number of hydrogen-bond acceptors (Lipinski definition) is 8. The molecule has 14 nitrogen and oxygen atoms in total. The molecule has 10 N–H and O–H groups in total. The zero-order chi connectivity index (χ0) is 34.1. The predicted octanol–water partition coefficient (Wildman–Crippen LogP) is 2.32. The number of rotatable bonds is 9. The van der Waals surface area contributed by atoms with Gasteiger partial charge in [0.15, 0.2) is 0 Å². The summed E-state index contributed by atoms with van der Waals surface area (Å²) in [6, 6.07) is 22.4. The molecule has 4 aromatic rings. The van der Waals surface area contributed by atoms with E-state index in [4.69, 9.17) is 32.8 Å². The number of amidine groups is 2. The molecule has 1 aliphatic rings. The average Bonchev–Trinajstić information content (AvgIpc) is 3.43. The van der Waals surface area contributed by atoms with Gasteiger partial charge in [0, 0.05) is 29.7 Å². The second-order valence-electron chi connectivity index (χ2n) is 10.8. The van der Waals surface area contributed by atoms with E-state index in [1.807, 2.05) is 30.3 Å². The molecule has 47 heavy (non-hydrogen) atoms. The molecule has 1 unspecified atom stereocenters. The number of carbonyl (C=O) groups is 3. The zero-order valence-electron chi connectivity index (χ0n) is 25.6. The standard InChI is InChI=1S/C25H26N6O4.C8H9N3O/c1-25(23(33)29-13-16-7-9-18(10-8-16)21(26)27)12-11-20-28-14-19(22(32)31(20)25)30-24(34)35-15-17-5-3-2-4-6-17;9-7(10)5-1-3-6(4-2-5)8(11)12/h2-10,14H,11-13,15H2,1H3,(H3,26,27)(H,29,33)(H,30,34);1-4H,(H3,9,10)(H2,11,12). The van der Waals surface area contributed by atoms with Crippen molar-refractivity contribution in [2.45, 2.75) is 38.5 Å². The van der Waals surface area contributed by atoms with Gasteiger partial charge in [0.1, 0.15) is 35.3 Å². The molecule has 0 bridgehead atoms. The van der Waals surface area contributed by atoms with Crippen molar-refractivity contribution in [3.8, 4) is 0 Å². The molecule has 242 valence electrons. The number of aromatic nitrogens is 2. The van der Waals surface area contributed by atoms with Crippen LogP contribution in [0.25, 0.3) is 0 Å². The van der Waals surface area contributed by atoms with Gasteiger partial charge in [-0.1, -0.05) is 66.7 Å². The molecule has 0 saturated heterocycles. The van der Waals surface area contributed by atoms with Gasteiger partial charge in [-0.25, -0.2) is 9.78 Å². The summed E-state index contributed by atoms with van der Waals surface area (Å²) in [4.78, 5) is 53.5. The molecule has 3 aromatic carbocycles. The van der Waals surface area contributed by atoms with Gasteiger partial charge in [0.2, 0.25) is 11.8 Å². The summed E-state index contributed by atoms with van der Waals surface area (Å²) >= 11 is 0. The number of amides is 3. The van der Waals surface area contributed by atoms with Crippen molar-refractivity contribution in [1.82, 2.24) is 14.9 Å². The summed E-state index contributed by atoms with van der Waals surface area (Å²) in [6.07, 6.45) is 1.35. The first-order valence-corrected chi connectivity index (χ1v) is 14.4. The summed E-state index contributed by atoms with van der Waals surface area (Å²) in [6.45, 7) is 1.98. The quantitative estimate of drug-likeness (QED) is 0.106. The minimum atomic E-state index is -1.16. The number of nitrogens with zero attached hydrogens (tertiary/aromatic N) is 2. The van der Waals surface area contributed by atoms with Crippen LogP contribution >= 0.6 is 0 Å². The second kappa shape index (κ2) is 14.6. The van der Waals surface area contributed by atoms with Crippen LogP contribution in [-0.2, 0) is 34.6 Å². The Kier molecular flexibility index (Phi) is 10.5. The Labute approximate surface area is 270 Å². The molecule has 0 saturated carbocycles. The fraction of sp³-hybridized carbons (Fsp3) is 0.182. The fourth-order valence-electron chi connectivity index (χ4n) is 4.80.